The highest BCUT2D eigenvalue weighted by molar-refractivity contribution is 6.02. The normalized spacial score (nSPS) is 13.0. The molecule has 28 heavy (non-hydrogen) atoms. The Kier molecular flexibility index (Phi) is 4.18. The fourth-order valence-electron chi connectivity index (χ4n) is 3.97. The van der Waals surface area contributed by atoms with Gasteiger partial charge in [0.1, 0.15) is 0 Å². The predicted octanol–water partition coefficient (Wildman–Crippen LogP) is 5.05. The van der Waals surface area contributed by atoms with Crippen molar-refractivity contribution in [3.8, 4) is 11.3 Å². The van der Waals surface area contributed by atoms with Gasteiger partial charge in [0, 0.05) is 31.2 Å². The standard InChI is InChI=1S/C24H28N4/c1-15-10-16(2)12-18(11-15)22-19-14-21-20(13-17(19)8-9-25-22)27(6)23(28(21)7)26-24(3,4)5/h8-14H,1-7H3. The Balaban J connectivity index is 2.08. The molecule has 2 heterocycles. The van der Waals surface area contributed by atoms with Crippen molar-refractivity contribution in [2.45, 2.75) is 40.2 Å². The molecule has 0 fully saturated rings. The molecule has 2 aromatic heterocycles. The molecular weight excluding hydrogens is 344 g/mol. The van der Waals surface area contributed by atoms with Crippen LogP contribution in [0.3, 0.4) is 0 Å². The third-order valence-corrected chi connectivity index (χ3v) is 5.11. The molecule has 0 N–H and O–H groups in total. The molecule has 0 aliphatic heterocycles. The summed E-state index contributed by atoms with van der Waals surface area (Å²) in [6.07, 6.45) is 1.91. The van der Waals surface area contributed by atoms with E-state index in [0.717, 1.165) is 16.8 Å². The predicted molar refractivity (Wildman–Crippen MR) is 117 cm³/mol. The molecule has 0 saturated carbocycles. The van der Waals surface area contributed by atoms with Gasteiger partial charge in [-0.1, -0.05) is 17.2 Å². The van der Waals surface area contributed by atoms with Crippen molar-refractivity contribution < 1.29 is 0 Å². The van der Waals surface area contributed by atoms with Crippen LogP contribution in [-0.4, -0.2) is 19.7 Å². The molecular formula is C24H28N4. The van der Waals surface area contributed by atoms with Crippen LogP contribution in [0.5, 0.6) is 0 Å². The Bertz CT molecular complexity index is 1260. The number of imidazole rings is 1. The second-order valence-corrected chi connectivity index (χ2v) is 8.80. The number of nitrogens with zero attached hydrogens (tertiary/aromatic N) is 4. The highest BCUT2D eigenvalue weighted by atomic mass is 15.2. The van der Waals surface area contributed by atoms with Gasteiger partial charge < -0.3 is 9.13 Å². The van der Waals surface area contributed by atoms with Gasteiger partial charge in [-0.3, -0.25) is 4.98 Å². The maximum atomic E-state index is 4.93. The monoisotopic (exact) mass is 372 g/mol. The highest BCUT2D eigenvalue weighted by Crippen LogP contribution is 2.30. The van der Waals surface area contributed by atoms with Gasteiger partial charge in [-0.05, 0) is 70.3 Å². The van der Waals surface area contributed by atoms with Crippen molar-refractivity contribution in [2.75, 3.05) is 0 Å². The fourth-order valence-corrected chi connectivity index (χ4v) is 3.97. The topological polar surface area (TPSA) is 35.1 Å². The summed E-state index contributed by atoms with van der Waals surface area (Å²) < 4.78 is 4.36. The van der Waals surface area contributed by atoms with E-state index in [9.17, 15) is 0 Å². The fraction of sp³-hybridized carbons (Fsp3) is 0.333. The number of aromatic nitrogens is 3. The van der Waals surface area contributed by atoms with E-state index in [0.29, 0.717) is 0 Å². The van der Waals surface area contributed by atoms with Crippen LogP contribution in [-0.2, 0) is 14.1 Å². The zero-order valence-electron chi connectivity index (χ0n) is 17.8. The lowest BCUT2D eigenvalue weighted by Gasteiger charge is -2.11. The molecule has 4 nitrogen and oxygen atoms in total. The lowest BCUT2D eigenvalue weighted by Crippen LogP contribution is -2.27. The molecule has 0 aliphatic rings. The molecule has 0 bridgehead atoms. The molecule has 0 amide bonds. The van der Waals surface area contributed by atoms with E-state index in [-0.39, 0.29) is 5.54 Å². The van der Waals surface area contributed by atoms with E-state index in [4.69, 9.17) is 9.98 Å². The van der Waals surface area contributed by atoms with Gasteiger partial charge in [0.25, 0.3) is 0 Å². The lowest BCUT2D eigenvalue weighted by atomic mass is 10.00. The summed E-state index contributed by atoms with van der Waals surface area (Å²) >= 11 is 0. The summed E-state index contributed by atoms with van der Waals surface area (Å²) in [5.41, 5.74) is 7.89. The van der Waals surface area contributed by atoms with Gasteiger partial charge in [0.05, 0.1) is 22.3 Å². The number of rotatable bonds is 1. The lowest BCUT2D eigenvalue weighted by molar-refractivity contribution is 0.537. The van der Waals surface area contributed by atoms with Gasteiger partial charge in [0.15, 0.2) is 0 Å². The molecule has 0 atom stereocenters. The van der Waals surface area contributed by atoms with E-state index in [1.165, 1.54) is 33.0 Å². The van der Waals surface area contributed by atoms with Crippen molar-refractivity contribution >= 4 is 21.8 Å². The van der Waals surface area contributed by atoms with Crippen molar-refractivity contribution in [3.05, 3.63) is 59.3 Å². The Labute approximate surface area is 166 Å². The van der Waals surface area contributed by atoms with Crippen LogP contribution in [0.15, 0.2) is 47.6 Å². The summed E-state index contributed by atoms with van der Waals surface area (Å²) in [4.78, 5) is 9.68. The van der Waals surface area contributed by atoms with Crippen LogP contribution in [0.4, 0.5) is 0 Å². The number of benzene rings is 2. The number of hydrogen-bond donors (Lipinski definition) is 0. The zero-order valence-corrected chi connectivity index (χ0v) is 17.8. The molecule has 0 radical (unpaired) electrons. The molecule has 4 aromatic rings. The smallest absolute Gasteiger partial charge is 0.205 e. The quantitative estimate of drug-likeness (QED) is 0.460. The largest absolute Gasteiger partial charge is 0.313 e. The van der Waals surface area contributed by atoms with Gasteiger partial charge in [0.2, 0.25) is 5.62 Å². The minimum Gasteiger partial charge on any atom is -0.313 e. The minimum atomic E-state index is -0.134. The second kappa shape index (κ2) is 6.33. The van der Waals surface area contributed by atoms with Crippen LogP contribution in [0.1, 0.15) is 31.9 Å². The molecule has 4 heteroatoms. The van der Waals surface area contributed by atoms with Crippen LogP contribution < -0.4 is 5.62 Å². The minimum absolute atomic E-state index is 0.134. The van der Waals surface area contributed by atoms with E-state index < -0.39 is 0 Å². The summed E-state index contributed by atoms with van der Waals surface area (Å²) in [6.45, 7) is 10.7. The summed E-state index contributed by atoms with van der Waals surface area (Å²) in [6, 6.07) is 13.2. The molecule has 0 aliphatic carbocycles. The van der Waals surface area contributed by atoms with Crippen LogP contribution in [0.25, 0.3) is 33.1 Å². The molecule has 4 rings (SSSR count). The van der Waals surface area contributed by atoms with Gasteiger partial charge in [-0.2, -0.15) is 0 Å². The molecule has 2 aromatic carbocycles. The Hall–Kier alpha value is -2.88. The van der Waals surface area contributed by atoms with Crippen molar-refractivity contribution in [1.82, 2.24) is 14.1 Å². The van der Waals surface area contributed by atoms with Crippen LogP contribution in [0.2, 0.25) is 0 Å². The van der Waals surface area contributed by atoms with E-state index >= 15 is 0 Å². The second-order valence-electron chi connectivity index (χ2n) is 8.80. The first kappa shape index (κ1) is 18.5. The first-order valence-electron chi connectivity index (χ1n) is 9.73. The number of hydrogen-bond acceptors (Lipinski definition) is 2. The Morgan fingerprint density at radius 3 is 2.07 bits per heavy atom. The third-order valence-electron chi connectivity index (χ3n) is 5.11. The number of pyridine rings is 1. The van der Waals surface area contributed by atoms with Gasteiger partial charge in [-0.25, -0.2) is 4.99 Å². The maximum absolute atomic E-state index is 4.93. The first-order valence-corrected chi connectivity index (χ1v) is 9.73. The average molecular weight is 373 g/mol. The van der Waals surface area contributed by atoms with Crippen molar-refractivity contribution in [2.24, 2.45) is 19.1 Å². The van der Waals surface area contributed by atoms with Gasteiger partial charge >= 0.3 is 0 Å². The molecule has 144 valence electrons. The molecule has 0 spiro atoms. The van der Waals surface area contributed by atoms with Crippen LogP contribution >= 0.6 is 0 Å². The maximum Gasteiger partial charge on any atom is 0.205 e. The van der Waals surface area contributed by atoms with E-state index in [1.807, 2.05) is 6.20 Å². The van der Waals surface area contributed by atoms with Crippen LogP contribution in [0, 0.1) is 13.8 Å². The third kappa shape index (κ3) is 3.13. The average Bonchev–Trinajstić information content (AvgIpc) is 2.82. The molecule has 0 saturated heterocycles. The number of aryl methyl sites for hydroxylation is 4. The number of fused-ring (bicyclic) bond motifs is 2. The highest BCUT2D eigenvalue weighted by Gasteiger charge is 2.14. The summed E-state index contributed by atoms with van der Waals surface area (Å²) in [7, 11) is 4.18. The molecule has 0 unspecified atom stereocenters. The Morgan fingerprint density at radius 2 is 1.46 bits per heavy atom. The Morgan fingerprint density at radius 1 is 0.857 bits per heavy atom. The summed E-state index contributed by atoms with van der Waals surface area (Å²) in [5, 5.41) is 2.36. The SMILES string of the molecule is Cc1cc(C)cc(-c2nccc3cc4c(cc23)n(C)c(=NC(C)(C)C)n4C)c1. The van der Waals surface area contributed by atoms with Crippen molar-refractivity contribution in [3.63, 3.8) is 0 Å². The van der Waals surface area contributed by atoms with Gasteiger partial charge in [-0.15, -0.1) is 0 Å². The zero-order chi connectivity index (χ0) is 20.2. The van der Waals surface area contributed by atoms with E-state index in [1.54, 1.807) is 0 Å². The van der Waals surface area contributed by atoms with Crippen molar-refractivity contribution in [1.29, 1.82) is 0 Å². The van der Waals surface area contributed by atoms with E-state index in [2.05, 4.69) is 94.2 Å². The first-order chi connectivity index (χ1) is 13.1. The summed E-state index contributed by atoms with van der Waals surface area (Å²) in [5.74, 6) is 0.